The Bertz CT molecular complexity index is 317. The van der Waals surface area contributed by atoms with E-state index in [1.165, 1.54) is 5.69 Å². The van der Waals surface area contributed by atoms with Gasteiger partial charge >= 0.3 is 0 Å². The number of hydrogen-bond acceptors (Lipinski definition) is 2. The van der Waals surface area contributed by atoms with E-state index in [2.05, 4.69) is 23.7 Å². The molecule has 0 bridgehead atoms. The van der Waals surface area contributed by atoms with Gasteiger partial charge in [0, 0.05) is 25.0 Å². The van der Waals surface area contributed by atoms with Crippen molar-refractivity contribution in [2.24, 2.45) is 11.8 Å². The number of aromatic nitrogens is 1. The monoisotopic (exact) mass is 210 g/mol. The van der Waals surface area contributed by atoms with Crippen molar-refractivity contribution in [2.45, 2.75) is 13.8 Å². The van der Waals surface area contributed by atoms with E-state index in [-0.39, 0.29) is 0 Å². The highest BCUT2D eigenvalue weighted by molar-refractivity contribution is 6.29. The topological polar surface area (TPSA) is 16.1 Å². The molecule has 2 nitrogen and oxygen atoms in total. The molecule has 1 saturated heterocycles. The largest absolute Gasteiger partial charge is 0.371 e. The van der Waals surface area contributed by atoms with Gasteiger partial charge in [-0.05, 0) is 24.0 Å². The molecule has 1 aromatic rings. The molecule has 0 aliphatic carbocycles. The molecule has 76 valence electrons. The molecule has 0 amide bonds. The minimum Gasteiger partial charge on any atom is -0.371 e. The predicted octanol–water partition coefficient (Wildman–Crippen LogP) is 2.83. The number of nitrogens with zero attached hydrogens (tertiary/aromatic N) is 2. The molecule has 1 fully saturated rings. The van der Waals surface area contributed by atoms with Gasteiger partial charge in [0.1, 0.15) is 5.15 Å². The van der Waals surface area contributed by atoms with Crippen LogP contribution >= 0.6 is 11.6 Å². The highest BCUT2D eigenvalue weighted by atomic mass is 35.5. The summed E-state index contributed by atoms with van der Waals surface area (Å²) in [7, 11) is 0. The molecule has 1 aliphatic heterocycles. The summed E-state index contributed by atoms with van der Waals surface area (Å²) in [4.78, 5) is 6.37. The van der Waals surface area contributed by atoms with Crippen LogP contribution in [0.25, 0.3) is 0 Å². The van der Waals surface area contributed by atoms with Gasteiger partial charge in [0.25, 0.3) is 0 Å². The fourth-order valence-corrected chi connectivity index (χ4v) is 2.10. The summed E-state index contributed by atoms with van der Waals surface area (Å²) in [6, 6.07) is 3.96. The van der Waals surface area contributed by atoms with Gasteiger partial charge in [0.15, 0.2) is 0 Å². The molecule has 2 heterocycles. The Kier molecular flexibility index (Phi) is 2.64. The van der Waals surface area contributed by atoms with Gasteiger partial charge in [-0.3, -0.25) is 0 Å². The lowest BCUT2D eigenvalue weighted by molar-refractivity contribution is 0.494. The van der Waals surface area contributed by atoms with Gasteiger partial charge in [-0.15, -0.1) is 0 Å². The highest BCUT2D eigenvalue weighted by Crippen LogP contribution is 2.28. The van der Waals surface area contributed by atoms with Crippen molar-refractivity contribution in [3.05, 3.63) is 23.5 Å². The van der Waals surface area contributed by atoms with E-state index in [1.54, 1.807) is 6.20 Å². The van der Waals surface area contributed by atoms with E-state index in [0.717, 1.165) is 24.9 Å². The number of rotatable bonds is 1. The van der Waals surface area contributed by atoms with E-state index in [4.69, 9.17) is 11.6 Å². The molecule has 0 radical (unpaired) electrons. The molecule has 2 atom stereocenters. The fourth-order valence-electron chi connectivity index (χ4n) is 1.93. The van der Waals surface area contributed by atoms with Crippen LogP contribution in [0.1, 0.15) is 13.8 Å². The Morgan fingerprint density at radius 3 is 2.57 bits per heavy atom. The van der Waals surface area contributed by atoms with E-state index in [1.807, 2.05) is 12.1 Å². The Labute approximate surface area is 89.9 Å². The van der Waals surface area contributed by atoms with Gasteiger partial charge in [-0.25, -0.2) is 4.98 Å². The average molecular weight is 211 g/mol. The van der Waals surface area contributed by atoms with Crippen LogP contribution in [0.2, 0.25) is 5.15 Å². The second kappa shape index (κ2) is 3.77. The Balaban J connectivity index is 2.17. The van der Waals surface area contributed by atoms with Crippen molar-refractivity contribution in [1.82, 2.24) is 4.98 Å². The van der Waals surface area contributed by atoms with Crippen molar-refractivity contribution in [2.75, 3.05) is 18.0 Å². The highest BCUT2D eigenvalue weighted by Gasteiger charge is 2.26. The van der Waals surface area contributed by atoms with Gasteiger partial charge in [0.05, 0.1) is 0 Å². The Morgan fingerprint density at radius 2 is 2.00 bits per heavy atom. The standard InChI is InChI=1S/C11H15ClN2/c1-8-6-14(7-9(8)2)10-3-4-13-11(12)5-10/h3-5,8-9H,6-7H2,1-2H3. The number of anilines is 1. The molecule has 2 rings (SSSR count). The third-order valence-corrected chi connectivity index (χ3v) is 3.27. The molecular weight excluding hydrogens is 196 g/mol. The van der Waals surface area contributed by atoms with Crippen LogP contribution in [0.15, 0.2) is 18.3 Å². The van der Waals surface area contributed by atoms with Crippen LogP contribution in [-0.4, -0.2) is 18.1 Å². The summed E-state index contributed by atoms with van der Waals surface area (Å²) in [6.07, 6.45) is 1.77. The summed E-state index contributed by atoms with van der Waals surface area (Å²) in [5, 5.41) is 0.578. The quantitative estimate of drug-likeness (QED) is 0.663. The zero-order valence-corrected chi connectivity index (χ0v) is 9.33. The maximum Gasteiger partial charge on any atom is 0.131 e. The number of pyridine rings is 1. The van der Waals surface area contributed by atoms with Gasteiger partial charge in [-0.2, -0.15) is 0 Å². The summed E-state index contributed by atoms with van der Waals surface area (Å²) in [5.41, 5.74) is 1.20. The van der Waals surface area contributed by atoms with Crippen molar-refractivity contribution >= 4 is 17.3 Å². The molecule has 14 heavy (non-hydrogen) atoms. The number of halogens is 1. The SMILES string of the molecule is CC1CN(c2ccnc(Cl)c2)CC1C. The third-order valence-electron chi connectivity index (χ3n) is 3.06. The van der Waals surface area contributed by atoms with Crippen LogP contribution in [0, 0.1) is 11.8 Å². The first-order chi connectivity index (χ1) is 6.66. The molecule has 3 heteroatoms. The molecular formula is C11H15ClN2. The minimum atomic E-state index is 0.578. The third kappa shape index (κ3) is 1.85. The summed E-state index contributed by atoms with van der Waals surface area (Å²) in [6.45, 7) is 6.85. The van der Waals surface area contributed by atoms with E-state index >= 15 is 0 Å². The van der Waals surface area contributed by atoms with E-state index in [0.29, 0.717) is 5.15 Å². The second-order valence-corrected chi connectivity index (χ2v) is 4.58. The first kappa shape index (κ1) is 9.78. The van der Waals surface area contributed by atoms with Crippen molar-refractivity contribution in [1.29, 1.82) is 0 Å². The van der Waals surface area contributed by atoms with E-state index < -0.39 is 0 Å². The Morgan fingerprint density at radius 1 is 1.36 bits per heavy atom. The second-order valence-electron chi connectivity index (χ2n) is 4.20. The van der Waals surface area contributed by atoms with Crippen molar-refractivity contribution in [3.8, 4) is 0 Å². The van der Waals surface area contributed by atoms with Gasteiger partial charge in [-0.1, -0.05) is 25.4 Å². The van der Waals surface area contributed by atoms with E-state index in [9.17, 15) is 0 Å². The molecule has 1 aromatic heterocycles. The van der Waals surface area contributed by atoms with Crippen LogP contribution in [-0.2, 0) is 0 Å². The summed E-state index contributed by atoms with van der Waals surface area (Å²) < 4.78 is 0. The lowest BCUT2D eigenvalue weighted by Gasteiger charge is -2.17. The molecule has 1 aliphatic rings. The normalized spacial score (nSPS) is 26.9. The van der Waals surface area contributed by atoms with Gasteiger partial charge in [0.2, 0.25) is 0 Å². The van der Waals surface area contributed by atoms with Crippen molar-refractivity contribution < 1.29 is 0 Å². The first-order valence-corrected chi connectivity index (χ1v) is 5.41. The van der Waals surface area contributed by atoms with Crippen LogP contribution in [0.4, 0.5) is 5.69 Å². The molecule has 2 unspecified atom stereocenters. The predicted molar refractivity (Wildman–Crippen MR) is 59.8 cm³/mol. The van der Waals surface area contributed by atoms with Crippen LogP contribution in [0.3, 0.4) is 0 Å². The molecule has 0 saturated carbocycles. The average Bonchev–Trinajstić information content (AvgIpc) is 2.47. The minimum absolute atomic E-state index is 0.578. The lowest BCUT2D eigenvalue weighted by Crippen LogP contribution is -2.19. The smallest absolute Gasteiger partial charge is 0.131 e. The summed E-state index contributed by atoms with van der Waals surface area (Å²) in [5.74, 6) is 1.53. The van der Waals surface area contributed by atoms with Crippen LogP contribution in [0.5, 0.6) is 0 Å². The van der Waals surface area contributed by atoms with Gasteiger partial charge < -0.3 is 4.90 Å². The fraction of sp³-hybridized carbons (Fsp3) is 0.545. The lowest BCUT2D eigenvalue weighted by atomic mass is 10.0. The molecule has 0 spiro atoms. The van der Waals surface area contributed by atoms with Crippen molar-refractivity contribution in [3.63, 3.8) is 0 Å². The molecule has 0 N–H and O–H groups in total. The maximum atomic E-state index is 5.86. The van der Waals surface area contributed by atoms with Crippen LogP contribution < -0.4 is 4.90 Å². The molecule has 0 aromatic carbocycles. The summed E-state index contributed by atoms with van der Waals surface area (Å²) >= 11 is 5.86. The zero-order valence-electron chi connectivity index (χ0n) is 8.57. The zero-order chi connectivity index (χ0) is 10.1. The number of hydrogen-bond donors (Lipinski definition) is 0. The maximum absolute atomic E-state index is 5.86. The first-order valence-electron chi connectivity index (χ1n) is 5.03. The Hall–Kier alpha value is -0.760.